The molecule has 1 amide bonds. The molecule has 1 aromatic rings. The van der Waals surface area contributed by atoms with Crippen molar-refractivity contribution in [1.29, 1.82) is 0 Å². The summed E-state index contributed by atoms with van der Waals surface area (Å²) in [6.07, 6.45) is 1.73. The van der Waals surface area contributed by atoms with Crippen LogP contribution in [0, 0.1) is 13.0 Å². The van der Waals surface area contributed by atoms with Crippen molar-refractivity contribution in [2.75, 3.05) is 20.1 Å². The number of nitrogens with zero attached hydrogens (tertiary/aromatic N) is 1. The number of carbonyl (C=O) groups is 1. The third-order valence-corrected chi connectivity index (χ3v) is 3.14. The van der Waals surface area contributed by atoms with Gasteiger partial charge in [-0.2, -0.15) is 36.2 Å². The Morgan fingerprint density at radius 1 is 1.50 bits per heavy atom. The summed E-state index contributed by atoms with van der Waals surface area (Å²) < 4.78 is 0. The molecule has 3 nitrogen and oxygen atoms in total. The second-order valence-corrected chi connectivity index (χ2v) is 4.57. The van der Waals surface area contributed by atoms with E-state index in [0.29, 0.717) is 12.0 Å². The molecule has 0 aromatic heterocycles. The molecule has 1 aromatic carbocycles. The van der Waals surface area contributed by atoms with Gasteiger partial charge in [0.1, 0.15) is 0 Å². The fourth-order valence-electron chi connectivity index (χ4n) is 2.08. The summed E-state index contributed by atoms with van der Waals surface area (Å²) in [4.78, 5) is 14.2. The molecule has 0 saturated carbocycles. The van der Waals surface area contributed by atoms with Gasteiger partial charge in [-0.25, -0.2) is 0 Å². The molecular weight excluding hydrogens is 275 g/mol. The minimum Gasteiger partial charge on any atom is -0.358 e. The molecule has 0 aliphatic carbocycles. The predicted octanol–water partition coefficient (Wildman–Crippen LogP) is -0.673. The molecule has 1 N–H and O–H groups in total. The second kappa shape index (κ2) is 10.9. The van der Waals surface area contributed by atoms with E-state index < -0.39 is 0 Å². The minimum absolute atomic E-state index is 0. The van der Waals surface area contributed by atoms with Crippen molar-refractivity contribution in [3.63, 3.8) is 0 Å². The second-order valence-electron chi connectivity index (χ2n) is 4.57. The molecule has 0 unspecified atom stereocenters. The first-order valence-electron chi connectivity index (χ1n) is 6.98. The normalized spacial score (nSPS) is 17.7. The molecule has 1 atom stereocenters. The zero-order chi connectivity index (χ0) is 14.3. The zero-order valence-corrected chi connectivity index (χ0v) is 16.3. The van der Waals surface area contributed by atoms with Crippen molar-refractivity contribution in [1.82, 2.24) is 10.2 Å². The van der Waals surface area contributed by atoms with E-state index in [2.05, 4.69) is 30.3 Å². The molecule has 1 fully saturated rings. The summed E-state index contributed by atoms with van der Waals surface area (Å²) in [6, 6.07) is 8.83. The quantitative estimate of drug-likeness (QED) is 0.593. The van der Waals surface area contributed by atoms with Gasteiger partial charge in [-0.3, -0.25) is 4.79 Å². The Morgan fingerprint density at radius 2 is 2.20 bits per heavy atom. The first kappa shape index (κ1) is 20.3. The third kappa shape index (κ3) is 6.37. The van der Waals surface area contributed by atoms with Gasteiger partial charge in [0.25, 0.3) is 0 Å². The monoisotopic (exact) mass is 299 g/mol. The van der Waals surface area contributed by atoms with Crippen LogP contribution < -0.4 is 56.7 Å². The van der Waals surface area contributed by atoms with Crippen LogP contribution in [0.5, 0.6) is 0 Å². The Bertz CT molecular complexity index is 392. The molecule has 4 heteroatoms. The molecule has 0 spiro atoms. The van der Waals surface area contributed by atoms with Crippen LogP contribution in [0.3, 0.4) is 0 Å². The maximum atomic E-state index is 11.9. The topological polar surface area (TPSA) is 32.3 Å². The van der Waals surface area contributed by atoms with E-state index in [1.165, 1.54) is 0 Å². The summed E-state index contributed by atoms with van der Waals surface area (Å²) in [5.41, 5.74) is 1.71. The van der Waals surface area contributed by atoms with Gasteiger partial charge in [0.2, 0.25) is 0 Å². The minimum atomic E-state index is -0.00263. The molecule has 0 bridgehead atoms. The van der Waals surface area contributed by atoms with Gasteiger partial charge >= 0.3 is 51.4 Å². The van der Waals surface area contributed by atoms with Gasteiger partial charge in [0, 0.05) is 12.6 Å². The first-order chi connectivity index (χ1) is 9.19. The van der Waals surface area contributed by atoms with Crippen LogP contribution in [-0.2, 0) is 6.42 Å². The maximum absolute atomic E-state index is 11.9. The molecule has 2 rings (SSSR count). The molecular formula is C16H24KN2O-. The Labute approximate surface area is 165 Å². The number of likely N-dealkylation sites (tertiary alicyclic amines) is 1. The van der Waals surface area contributed by atoms with Gasteiger partial charge < -0.3 is 17.1 Å². The van der Waals surface area contributed by atoms with Crippen molar-refractivity contribution >= 4 is 5.91 Å². The Hall–Kier alpha value is 0.286. The number of amides is 1. The Morgan fingerprint density at radius 3 is 2.65 bits per heavy atom. The standard InChI is InChI=1S/C14H18N2O.C2H6.K/c1-3-11-4-6-12(7-5-11)14(17)15-13-8-9-16(2)10-13;1-2;/h4,6-7,13H,1,3,8-10H2,2H3,(H,15,17);1-2H3;/q-2;;+1/t13-;;/m1../s1. The van der Waals surface area contributed by atoms with Crippen LogP contribution in [-0.4, -0.2) is 37.0 Å². The van der Waals surface area contributed by atoms with Crippen molar-refractivity contribution < 1.29 is 56.2 Å². The van der Waals surface area contributed by atoms with Crippen molar-refractivity contribution in [3.05, 3.63) is 42.3 Å². The zero-order valence-electron chi connectivity index (χ0n) is 13.2. The summed E-state index contributed by atoms with van der Waals surface area (Å²) in [5, 5.41) is 3.05. The molecule has 1 saturated heterocycles. The van der Waals surface area contributed by atoms with Crippen LogP contribution in [0.2, 0.25) is 0 Å². The largest absolute Gasteiger partial charge is 1.00 e. The number of hydrogen-bond donors (Lipinski definition) is 1. The fraction of sp³-hybridized carbons (Fsp3) is 0.500. The van der Waals surface area contributed by atoms with Gasteiger partial charge in [-0.1, -0.05) is 19.4 Å². The SMILES string of the molecule is CC.[CH2-]Cc1[c-]cc(C(=O)N[C@@H]2CCN(C)C2)cc1.[K+]. The van der Waals surface area contributed by atoms with E-state index in [4.69, 9.17) is 0 Å². The molecule has 106 valence electrons. The van der Waals surface area contributed by atoms with E-state index in [-0.39, 0.29) is 63.3 Å². The molecule has 1 aliphatic rings. The molecule has 20 heavy (non-hydrogen) atoms. The summed E-state index contributed by atoms with van der Waals surface area (Å²) >= 11 is 0. The summed E-state index contributed by atoms with van der Waals surface area (Å²) in [5.74, 6) is -0.00263. The van der Waals surface area contributed by atoms with Gasteiger partial charge in [0.05, 0.1) is 0 Å². The van der Waals surface area contributed by atoms with Crippen LogP contribution in [0.1, 0.15) is 36.2 Å². The average molecular weight is 299 g/mol. The Balaban J connectivity index is 0.00000115. The first-order valence-corrected chi connectivity index (χ1v) is 6.98. The van der Waals surface area contributed by atoms with Gasteiger partial charge in [-0.15, -0.1) is 0 Å². The van der Waals surface area contributed by atoms with Crippen molar-refractivity contribution in [2.45, 2.75) is 32.7 Å². The molecule has 1 aliphatic heterocycles. The predicted molar refractivity (Wildman–Crippen MR) is 79.1 cm³/mol. The fourth-order valence-corrected chi connectivity index (χ4v) is 2.08. The van der Waals surface area contributed by atoms with E-state index in [1.807, 2.05) is 26.0 Å². The van der Waals surface area contributed by atoms with Gasteiger partial charge in [-0.05, 0) is 20.0 Å². The van der Waals surface area contributed by atoms with Crippen molar-refractivity contribution in [2.24, 2.45) is 0 Å². The number of nitrogens with one attached hydrogen (secondary N) is 1. The maximum Gasteiger partial charge on any atom is 1.00 e. The van der Waals surface area contributed by atoms with E-state index in [0.717, 1.165) is 25.1 Å². The number of likely N-dealkylation sites (N-methyl/N-ethyl adjacent to an activating group) is 1. The number of benzene rings is 1. The molecule has 0 radical (unpaired) electrons. The van der Waals surface area contributed by atoms with Gasteiger partial charge in [0.15, 0.2) is 5.91 Å². The van der Waals surface area contributed by atoms with Crippen LogP contribution >= 0.6 is 0 Å². The van der Waals surface area contributed by atoms with E-state index in [1.54, 1.807) is 6.07 Å². The van der Waals surface area contributed by atoms with Crippen LogP contribution in [0.15, 0.2) is 18.2 Å². The van der Waals surface area contributed by atoms with Crippen LogP contribution in [0.25, 0.3) is 0 Å². The van der Waals surface area contributed by atoms with Crippen LogP contribution in [0.4, 0.5) is 0 Å². The number of carbonyl (C=O) groups excluding carboxylic acids is 1. The average Bonchev–Trinajstić information content (AvgIpc) is 2.86. The van der Waals surface area contributed by atoms with Crippen molar-refractivity contribution in [3.8, 4) is 0 Å². The number of rotatable bonds is 3. The van der Waals surface area contributed by atoms with E-state index >= 15 is 0 Å². The van der Waals surface area contributed by atoms with E-state index in [9.17, 15) is 4.79 Å². The third-order valence-electron chi connectivity index (χ3n) is 3.14. The summed E-state index contributed by atoms with van der Waals surface area (Å²) in [7, 11) is 2.07. The smallest absolute Gasteiger partial charge is 0.358 e. The summed E-state index contributed by atoms with van der Waals surface area (Å²) in [6.45, 7) is 9.77. The Kier molecular flexibility index (Phi) is 11.1. The number of hydrogen-bond acceptors (Lipinski definition) is 2. The molecule has 1 heterocycles.